The van der Waals surface area contributed by atoms with Gasteiger partial charge in [-0.1, -0.05) is 30.3 Å². The van der Waals surface area contributed by atoms with Gasteiger partial charge in [0.25, 0.3) is 0 Å². The second-order valence-electron chi connectivity index (χ2n) is 5.20. The van der Waals surface area contributed by atoms with E-state index in [-0.39, 0.29) is 6.61 Å². The molecule has 0 aromatic heterocycles. The number of aliphatic hydroxyl groups excluding tert-OH is 1. The third kappa shape index (κ3) is 6.69. The Hall–Kier alpha value is -2.08. The first-order chi connectivity index (χ1) is 11.3. The number of rotatable bonds is 10. The second-order valence-corrected chi connectivity index (χ2v) is 5.20. The maximum atomic E-state index is 9.75. The Morgan fingerprint density at radius 1 is 0.957 bits per heavy atom. The van der Waals surface area contributed by atoms with Crippen LogP contribution in [0.3, 0.4) is 0 Å². The van der Waals surface area contributed by atoms with Gasteiger partial charge in [0, 0.05) is 19.6 Å². The summed E-state index contributed by atoms with van der Waals surface area (Å²) in [4.78, 5) is 0. The summed E-state index contributed by atoms with van der Waals surface area (Å²) in [6, 6.07) is 17.4. The topological polar surface area (TPSA) is 76.7 Å². The van der Waals surface area contributed by atoms with Gasteiger partial charge in [0.1, 0.15) is 30.8 Å². The number of hydrogen-bond acceptors (Lipinski definition) is 5. The van der Waals surface area contributed by atoms with Crippen LogP contribution in [-0.4, -0.2) is 37.5 Å². The molecule has 124 valence electrons. The molecule has 2 rings (SSSR count). The Kier molecular flexibility index (Phi) is 7.39. The first-order valence-electron chi connectivity index (χ1n) is 7.76. The van der Waals surface area contributed by atoms with E-state index < -0.39 is 6.10 Å². The summed E-state index contributed by atoms with van der Waals surface area (Å²) in [5.74, 6) is 1.49. The van der Waals surface area contributed by atoms with Gasteiger partial charge < -0.3 is 25.6 Å². The van der Waals surface area contributed by atoms with E-state index in [0.29, 0.717) is 32.0 Å². The molecule has 0 saturated carbocycles. The van der Waals surface area contributed by atoms with Crippen molar-refractivity contribution >= 4 is 0 Å². The van der Waals surface area contributed by atoms with Crippen LogP contribution in [0.1, 0.15) is 5.56 Å². The van der Waals surface area contributed by atoms with Gasteiger partial charge in [0.15, 0.2) is 0 Å². The van der Waals surface area contributed by atoms with E-state index in [4.69, 9.17) is 15.2 Å². The predicted octanol–water partition coefficient (Wildman–Crippen LogP) is 1.55. The minimum Gasteiger partial charge on any atom is -0.491 e. The third-order valence-corrected chi connectivity index (χ3v) is 3.22. The van der Waals surface area contributed by atoms with Gasteiger partial charge >= 0.3 is 0 Å². The van der Waals surface area contributed by atoms with Gasteiger partial charge in [-0.05, 0) is 29.8 Å². The van der Waals surface area contributed by atoms with Gasteiger partial charge in [-0.25, -0.2) is 0 Å². The molecule has 4 N–H and O–H groups in total. The molecule has 0 spiro atoms. The molecule has 0 saturated heterocycles. The van der Waals surface area contributed by atoms with Crippen LogP contribution >= 0.6 is 0 Å². The summed E-state index contributed by atoms with van der Waals surface area (Å²) in [6.07, 6.45) is -0.560. The number of nitrogens with two attached hydrogens (primary N) is 1. The Morgan fingerprint density at radius 2 is 1.61 bits per heavy atom. The fourth-order valence-electron chi connectivity index (χ4n) is 2.00. The zero-order valence-electron chi connectivity index (χ0n) is 13.2. The van der Waals surface area contributed by atoms with Gasteiger partial charge in [-0.2, -0.15) is 0 Å². The third-order valence-electron chi connectivity index (χ3n) is 3.22. The van der Waals surface area contributed by atoms with Crippen molar-refractivity contribution < 1.29 is 14.6 Å². The highest BCUT2D eigenvalue weighted by atomic mass is 16.5. The monoisotopic (exact) mass is 316 g/mol. The predicted molar refractivity (Wildman–Crippen MR) is 90.6 cm³/mol. The highest BCUT2D eigenvalue weighted by Gasteiger charge is 2.05. The van der Waals surface area contributed by atoms with Crippen LogP contribution in [0.25, 0.3) is 0 Å². The van der Waals surface area contributed by atoms with E-state index in [9.17, 15) is 5.11 Å². The summed E-state index contributed by atoms with van der Waals surface area (Å²) >= 11 is 0. The van der Waals surface area contributed by atoms with E-state index >= 15 is 0 Å². The normalized spacial score (nSPS) is 11.9. The van der Waals surface area contributed by atoms with Crippen LogP contribution in [0.5, 0.6) is 11.5 Å². The van der Waals surface area contributed by atoms with Crippen LogP contribution in [0.4, 0.5) is 0 Å². The Morgan fingerprint density at radius 3 is 2.26 bits per heavy atom. The molecule has 2 aromatic rings. The van der Waals surface area contributed by atoms with Crippen LogP contribution < -0.4 is 20.5 Å². The molecule has 0 bridgehead atoms. The Balaban J connectivity index is 1.71. The molecule has 0 radical (unpaired) electrons. The van der Waals surface area contributed by atoms with E-state index in [0.717, 1.165) is 11.3 Å². The van der Waals surface area contributed by atoms with Gasteiger partial charge in [0.05, 0.1) is 0 Å². The van der Waals surface area contributed by atoms with Crippen molar-refractivity contribution in [2.45, 2.75) is 12.7 Å². The lowest BCUT2D eigenvalue weighted by Gasteiger charge is -2.13. The maximum Gasteiger partial charge on any atom is 0.120 e. The maximum absolute atomic E-state index is 9.75. The quantitative estimate of drug-likeness (QED) is 0.580. The molecular weight excluding hydrogens is 292 g/mol. The molecule has 5 nitrogen and oxygen atoms in total. The van der Waals surface area contributed by atoms with Gasteiger partial charge in [0.2, 0.25) is 0 Å². The van der Waals surface area contributed by atoms with Crippen molar-refractivity contribution in [3.8, 4) is 11.5 Å². The zero-order chi connectivity index (χ0) is 16.3. The van der Waals surface area contributed by atoms with E-state index in [1.807, 2.05) is 54.6 Å². The molecule has 0 aliphatic rings. The van der Waals surface area contributed by atoms with Crippen molar-refractivity contribution in [3.05, 3.63) is 60.2 Å². The average molecular weight is 316 g/mol. The standard InChI is InChI=1S/C18H24N2O3/c19-10-11-20-12-16(21)14-23-18-8-6-17(7-9-18)22-13-15-4-2-1-3-5-15/h1-9,16,20-21H,10-14,19H2/t16-/m0/s1. The number of ether oxygens (including phenoxy) is 2. The Labute approximate surface area is 137 Å². The zero-order valence-corrected chi connectivity index (χ0v) is 13.2. The van der Waals surface area contributed by atoms with Crippen molar-refractivity contribution in [1.82, 2.24) is 5.32 Å². The number of benzene rings is 2. The molecule has 5 heteroatoms. The molecule has 1 atom stereocenters. The summed E-state index contributed by atoms with van der Waals surface area (Å²) in [5.41, 5.74) is 6.49. The first-order valence-corrected chi connectivity index (χ1v) is 7.76. The molecule has 0 unspecified atom stereocenters. The highest BCUT2D eigenvalue weighted by molar-refractivity contribution is 5.31. The summed E-state index contributed by atoms with van der Waals surface area (Å²) in [6.45, 7) is 2.48. The lowest BCUT2D eigenvalue weighted by Crippen LogP contribution is -2.34. The molecular formula is C18H24N2O3. The van der Waals surface area contributed by atoms with Gasteiger partial charge in [-0.15, -0.1) is 0 Å². The molecule has 0 fully saturated rings. The molecule has 23 heavy (non-hydrogen) atoms. The second kappa shape index (κ2) is 9.84. The van der Waals surface area contributed by atoms with Crippen LogP contribution in [-0.2, 0) is 6.61 Å². The lowest BCUT2D eigenvalue weighted by atomic mass is 10.2. The molecule has 0 aliphatic heterocycles. The largest absolute Gasteiger partial charge is 0.491 e. The minimum absolute atomic E-state index is 0.238. The van der Waals surface area contributed by atoms with E-state index in [1.165, 1.54) is 0 Å². The van der Waals surface area contributed by atoms with Gasteiger partial charge in [-0.3, -0.25) is 0 Å². The van der Waals surface area contributed by atoms with E-state index in [2.05, 4.69) is 5.32 Å². The SMILES string of the molecule is NCCNC[C@H](O)COc1ccc(OCc2ccccc2)cc1. The highest BCUT2D eigenvalue weighted by Crippen LogP contribution is 2.18. The van der Waals surface area contributed by atoms with Crippen LogP contribution in [0.15, 0.2) is 54.6 Å². The minimum atomic E-state index is -0.560. The van der Waals surface area contributed by atoms with Crippen molar-refractivity contribution in [3.63, 3.8) is 0 Å². The molecule has 0 amide bonds. The summed E-state index contributed by atoms with van der Waals surface area (Å²) in [5, 5.41) is 12.8. The molecule has 2 aromatic carbocycles. The fourth-order valence-corrected chi connectivity index (χ4v) is 2.00. The number of nitrogens with one attached hydrogen (secondary N) is 1. The summed E-state index contributed by atoms with van der Waals surface area (Å²) < 4.78 is 11.3. The Bertz CT molecular complexity index is 546. The average Bonchev–Trinajstić information content (AvgIpc) is 2.60. The number of aliphatic hydroxyl groups is 1. The van der Waals surface area contributed by atoms with Crippen molar-refractivity contribution in [2.24, 2.45) is 5.73 Å². The molecule has 0 heterocycles. The van der Waals surface area contributed by atoms with Crippen molar-refractivity contribution in [1.29, 1.82) is 0 Å². The van der Waals surface area contributed by atoms with E-state index in [1.54, 1.807) is 0 Å². The molecule has 0 aliphatic carbocycles. The van der Waals surface area contributed by atoms with Crippen molar-refractivity contribution in [2.75, 3.05) is 26.2 Å². The first kappa shape index (κ1) is 17.3. The summed E-state index contributed by atoms with van der Waals surface area (Å²) in [7, 11) is 0. The smallest absolute Gasteiger partial charge is 0.120 e. The van der Waals surface area contributed by atoms with Crippen LogP contribution in [0.2, 0.25) is 0 Å². The lowest BCUT2D eigenvalue weighted by molar-refractivity contribution is 0.107. The van der Waals surface area contributed by atoms with Crippen LogP contribution in [0, 0.1) is 0 Å². The number of hydrogen-bond donors (Lipinski definition) is 3. The fraction of sp³-hybridized carbons (Fsp3) is 0.333.